The van der Waals surface area contributed by atoms with E-state index < -0.39 is 0 Å². The summed E-state index contributed by atoms with van der Waals surface area (Å²) in [6, 6.07) is 9.57. The molecule has 0 spiro atoms. The Hall–Kier alpha value is -0.860. The minimum absolute atomic E-state index is 0.0977. The van der Waals surface area contributed by atoms with Crippen LogP contribution in [0.1, 0.15) is 58.1 Å². The quantitative estimate of drug-likeness (QED) is 0.909. The summed E-state index contributed by atoms with van der Waals surface area (Å²) in [7, 11) is 0. The Bertz CT molecular complexity index is 418. The first-order chi connectivity index (χ1) is 9.40. The van der Waals surface area contributed by atoms with Crippen molar-refractivity contribution in [3.05, 3.63) is 35.4 Å². The number of nitrogens with zero attached hydrogens (tertiary/aromatic N) is 1. The van der Waals surface area contributed by atoms with Crippen LogP contribution < -0.4 is 0 Å². The first-order valence-corrected chi connectivity index (χ1v) is 7.91. The molecule has 1 aromatic rings. The molecule has 20 heavy (non-hydrogen) atoms. The number of aliphatic hydroxyl groups is 1. The lowest BCUT2D eigenvalue weighted by Crippen LogP contribution is -2.43. The molecule has 2 nitrogen and oxygen atoms in total. The van der Waals surface area contributed by atoms with E-state index in [0.29, 0.717) is 6.04 Å². The van der Waals surface area contributed by atoms with Crippen LogP contribution in [0.25, 0.3) is 0 Å². The molecule has 1 N–H and O–H groups in total. The predicted molar refractivity (Wildman–Crippen MR) is 84.9 cm³/mol. The second kappa shape index (κ2) is 6.28. The fourth-order valence-corrected chi connectivity index (χ4v) is 3.06. The third-order valence-corrected chi connectivity index (χ3v) is 4.49. The standard InChI is InChI=1S/C18H29NO/c1-5-16-12-17(20)10-11-19(16)13-14-6-8-15(9-7-14)18(2,3)4/h6-9,16-17,20H,5,10-13H2,1-4H3/t16-,17-/m0/s1. The molecule has 0 bridgehead atoms. The van der Waals surface area contributed by atoms with Gasteiger partial charge in [0.1, 0.15) is 0 Å². The van der Waals surface area contributed by atoms with Crippen LogP contribution in [0.3, 0.4) is 0 Å². The maximum atomic E-state index is 9.79. The third-order valence-electron chi connectivity index (χ3n) is 4.49. The summed E-state index contributed by atoms with van der Waals surface area (Å²) < 4.78 is 0. The van der Waals surface area contributed by atoms with Gasteiger partial charge in [0.2, 0.25) is 0 Å². The first kappa shape index (κ1) is 15.5. The minimum atomic E-state index is -0.0977. The second-order valence-electron chi connectivity index (χ2n) is 7.16. The van der Waals surface area contributed by atoms with Crippen LogP contribution in [0, 0.1) is 0 Å². The van der Waals surface area contributed by atoms with Crippen molar-refractivity contribution in [3.63, 3.8) is 0 Å². The van der Waals surface area contributed by atoms with Crippen LogP contribution >= 0.6 is 0 Å². The largest absolute Gasteiger partial charge is 0.393 e. The molecule has 0 saturated carbocycles. The van der Waals surface area contributed by atoms with Crippen molar-refractivity contribution in [2.24, 2.45) is 0 Å². The van der Waals surface area contributed by atoms with E-state index >= 15 is 0 Å². The van der Waals surface area contributed by atoms with E-state index in [1.54, 1.807) is 0 Å². The number of likely N-dealkylation sites (tertiary alicyclic amines) is 1. The molecular weight excluding hydrogens is 246 g/mol. The highest BCUT2D eigenvalue weighted by molar-refractivity contribution is 5.27. The molecule has 0 amide bonds. The average molecular weight is 275 g/mol. The van der Waals surface area contributed by atoms with Gasteiger partial charge in [-0.3, -0.25) is 4.90 Å². The molecule has 1 fully saturated rings. The number of benzene rings is 1. The molecule has 0 radical (unpaired) electrons. The molecule has 2 heteroatoms. The molecule has 1 aliphatic rings. The van der Waals surface area contributed by atoms with Gasteiger partial charge in [-0.1, -0.05) is 52.0 Å². The highest BCUT2D eigenvalue weighted by atomic mass is 16.3. The van der Waals surface area contributed by atoms with Gasteiger partial charge in [-0.2, -0.15) is 0 Å². The number of rotatable bonds is 3. The zero-order valence-corrected chi connectivity index (χ0v) is 13.4. The summed E-state index contributed by atoms with van der Waals surface area (Å²) in [5.41, 5.74) is 3.00. The number of aliphatic hydroxyl groups excluding tert-OH is 1. The summed E-state index contributed by atoms with van der Waals surface area (Å²) in [5, 5.41) is 9.79. The highest BCUT2D eigenvalue weighted by Crippen LogP contribution is 2.25. The maximum absolute atomic E-state index is 9.79. The molecule has 0 aliphatic carbocycles. The summed E-state index contributed by atoms with van der Waals surface area (Å²) in [6.07, 6.45) is 2.86. The molecule has 2 atom stereocenters. The van der Waals surface area contributed by atoms with Crippen LogP contribution in [0.4, 0.5) is 0 Å². The van der Waals surface area contributed by atoms with Gasteiger partial charge in [0.15, 0.2) is 0 Å². The third kappa shape index (κ3) is 3.83. The fraction of sp³-hybridized carbons (Fsp3) is 0.667. The van der Waals surface area contributed by atoms with E-state index in [1.165, 1.54) is 11.1 Å². The second-order valence-corrected chi connectivity index (χ2v) is 7.16. The maximum Gasteiger partial charge on any atom is 0.0567 e. The highest BCUT2D eigenvalue weighted by Gasteiger charge is 2.26. The Morgan fingerprint density at radius 3 is 2.40 bits per heavy atom. The van der Waals surface area contributed by atoms with Gasteiger partial charge < -0.3 is 5.11 Å². The smallest absolute Gasteiger partial charge is 0.0567 e. The van der Waals surface area contributed by atoms with Gasteiger partial charge in [0, 0.05) is 19.1 Å². The average Bonchev–Trinajstić information content (AvgIpc) is 2.40. The van der Waals surface area contributed by atoms with E-state index in [4.69, 9.17) is 0 Å². The summed E-state index contributed by atoms with van der Waals surface area (Å²) in [6.45, 7) is 11.0. The molecular formula is C18H29NO. The summed E-state index contributed by atoms with van der Waals surface area (Å²) in [4.78, 5) is 2.53. The predicted octanol–water partition coefficient (Wildman–Crippen LogP) is 3.72. The molecule has 1 saturated heterocycles. The SMILES string of the molecule is CC[C@H]1C[C@@H](O)CCN1Cc1ccc(C(C)(C)C)cc1. The van der Waals surface area contributed by atoms with Gasteiger partial charge >= 0.3 is 0 Å². The molecule has 1 heterocycles. The monoisotopic (exact) mass is 275 g/mol. The fourth-order valence-electron chi connectivity index (χ4n) is 3.06. The van der Waals surface area contributed by atoms with Crippen molar-refractivity contribution in [1.82, 2.24) is 4.90 Å². The lowest BCUT2D eigenvalue weighted by molar-refractivity contribution is 0.0356. The topological polar surface area (TPSA) is 23.5 Å². The van der Waals surface area contributed by atoms with Gasteiger partial charge in [0.25, 0.3) is 0 Å². The van der Waals surface area contributed by atoms with Gasteiger partial charge in [0.05, 0.1) is 6.10 Å². The minimum Gasteiger partial charge on any atom is -0.393 e. The Balaban J connectivity index is 2.02. The van der Waals surface area contributed by atoms with Crippen molar-refractivity contribution in [2.45, 2.75) is 71.1 Å². The van der Waals surface area contributed by atoms with Gasteiger partial charge in [-0.25, -0.2) is 0 Å². The van der Waals surface area contributed by atoms with Crippen molar-refractivity contribution >= 4 is 0 Å². The van der Waals surface area contributed by atoms with Gasteiger partial charge in [-0.05, 0) is 35.8 Å². The molecule has 112 valence electrons. The van der Waals surface area contributed by atoms with Crippen molar-refractivity contribution in [2.75, 3.05) is 6.54 Å². The summed E-state index contributed by atoms with van der Waals surface area (Å²) in [5.74, 6) is 0. The Morgan fingerprint density at radius 1 is 1.20 bits per heavy atom. The molecule has 2 rings (SSSR count). The van der Waals surface area contributed by atoms with Crippen molar-refractivity contribution < 1.29 is 5.11 Å². The van der Waals surface area contributed by atoms with Crippen LogP contribution in [0.15, 0.2) is 24.3 Å². The Morgan fingerprint density at radius 2 is 1.85 bits per heavy atom. The lowest BCUT2D eigenvalue weighted by atomic mass is 9.86. The zero-order chi connectivity index (χ0) is 14.8. The van der Waals surface area contributed by atoms with Crippen LogP contribution in [-0.2, 0) is 12.0 Å². The van der Waals surface area contributed by atoms with E-state index in [0.717, 1.165) is 32.4 Å². The van der Waals surface area contributed by atoms with E-state index in [-0.39, 0.29) is 11.5 Å². The zero-order valence-electron chi connectivity index (χ0n) is 13.4. The van der Waals surface area contributed by atoms with Crippen LogP contribution in [-0.4, -0.2) is 28.7 Å². The van der Waals surface area contributed by atoms with E-state index in [1.807, 2.05) is 0 Å². The lowest BCUT2D eigenvalue weighted by Gasteiger charge is -2.37. The van der Waals surface area contributed by atoms with Crippen LogP contribution in [0.5, 0.6) is 0 Å². The van der Waals surface area contributed by atoms with Crippen molar-refractivity contribution in [1.29, 1.82) is 0 Å². The first-order valence-electron chi connectivity index (χ1n) is 7.91. The molecule has 0 aromatic heterocycles. The van der Waals surface area contributed by atoms with E-state index in [9.17, 15) is 5.11 Å². The van der Waals surface area contributed by atoms with Crippen molar-refractivity contribution in [3.8, 4) is 0 Å². The molecule has 1 aliphatic heterocycles. The molecule has 1 aromatic carbocycles. The number of hydrogen-bond donors (Lipinski definition) is 1. The van der Waals surface area contributed by atoms with Crippen LogP contribution in [0.2, 0.25) is 0 Å². The number of piperidine rings is 1. The Labute approximate surface area is 123 Å². The normalized spacial score (nSPS) is 24.9. The summed E-state index contributed by atoms with van der Waals surface area (Å²) >= 11 is 0. The van der Waals surface area contributed by atoms with Gasteiger partial charge in [-0.15, -0.1) is 0 Å². The van der Waals surface area contributed by atoms with E-state index in [2.05, 4.69) is 56.9 Å². The Kier molecular flexibility index (Phi) is 4.87. The molecule has 0 unspecified atom stereocenters. The number of hydrogen-bond acceptors (Lipinski definition) is 2.